The molecule has 6 nitrogen and oxygen atoms in total. The van der Waals surface area contributed by atoms with Crippen LogP contribution in [0.25, 0.3) is 0 Å². The quantitative estimate of drug-likeness (QED) is 0.781. The molecule has 0 aliphatic rings. The number of carbonyl (C=O) groups excluding carboxylic acids is 2. The van der Waals surface area contributed by atoms with E-state index in [0.717, 1.165) is 4.68 Å². The molecule has 2 rings (SSSR count). The van der Waals surface area contributed by atoms with Crippen LogP contribution in [0.3, 0.4) is 0 Å². The third-order valence-electron chi connectivity index (χ3n) is 3.65. The summed E-state index contributed by atoms with van der Waals surface area (Å²) in [5, 5.41) is 6.26. The van der Waals surface area contributed by atoms with Gasteiger partial charge in [0.1, 0.15) is 6.04 Å². The number of hydrogen-bond donors (Lipinski definition) is 1. The minimum absolute atomic E-state index is 0.255. The van der Waals surface area contributed by atoms with E-state index in [4.69, 9.17) is 0 Å². The van der Waals surface area contributed by atoms with Crippen LogP contribution in [0, 0.1) is 0 Å². The van der Waals surface area contributed by atoms with E-state index in [-0.39, 0.29) is 12.5 Å². The third-order valence-corrected chi connectivity index (χ3v) is 3.65. The summed E-state index contributed by atoms with van der Waals surface area (Å²) in [6.07, 6.45) is 1.34. The van der Waals surface area contributed by atoms with Crippen LogP contribution in [0.1, 0.15) is 16.4 Å². The molecule has 0 radical (unpaired) electrons. The Morgan fingerprint density at radius 1 is 1.36 bits per heavy atom. The summed E-state index contributed by atoms with van der Waals surface area (Å²) in [4.78, 5) is 25.0. The number of aromatic nitrogens is 2. The summed E-state index contributed by atoms with van der Waals surface area (Å²) in [6, 6.07) is 6.51. The lowest BCUT2D eigenvalue weighted by Gasteiger charge is -2.18. The maximum atomic E-state index is 13.1. The van der Waals surface area contributed by atoms with Gasteiger partial charge in [-0.1, -0.05) is 6.58 Å². The maximum absolute atomic E-state index is 13.1. The van der Waals surface area contributed by atoms with Gasteiger partial charge in [0.25, 0.3) is 12.3 Å². The number of alkyl halides is 2. The molecule has 25 heavy (non-hydrogen) atoms. The lowest BCUT2D eigenvalue weighted by Crippen LogP contribution is -2.34. The van der Waals surface area contributed by atoms with Gasteiger partial charge in [0.05, 0.1) is 0 Å². The number of anilines is 1. The van der Waals surface area contributed by atoms with Gasteiger partial charge in [-0.25, -0.2) is 8.78 Å². The molecule has 8 heteroatoms. The molecular formula is C17H18F2N4O2. The molecule has 1 aromatic heterocycles. The fourth-order valence-corrected chi connectivity index (χ4v) is 2.17. The molecule has 132 valence electrons. The van der Waals surface area contributed by atoms with Gasteiger partial charge >= 0.3 is 0 Å². The summed E-state index contributed by atoms with van der Waals surface area (Å²) < 4.78 is 27.3. The Balaban J connectivity index is 2.01. The van der Waals surface area contributed by atoms with E-state index in [0.29, 0.717) is 11.3 Å². The predicted molar refractivity (Wildman–Crippen MR) is 89.7 cm³/mol. The number of benzene rings is 1. The molecule has 0 bridgehead atoms. The molecule has 2 aromatic rings. The highest BCUT2D eigenvalue weighted by Gasteiger charge is 2.23. The lowest BCUT2D eigenvalue weighted by molar-refractivity contribution is -0.113. The molecule has 1 heterocycles. The van der Waals surface area contributed by atoms with Crippen molar-refractivity contribution in [3.05, 3.63) is 60.9 Å². The van der Waals surface area contributed by atoms with Gasteiger partial charge in [0.15, 0.2) is 0 Å². The van der Waals surface area contributed by atoms with E-state index in [1.165, 1.54) is 41.6 Å². The third kappa shape index (κ3) is 4.50. The van der Waals surface area contributed by atoms with Gasteiger partial charge in [-0.05, 0) is 36.4 Å². The highest BCUT2D eigenvalue weighted by Crippen LogP contribution is 2.16. The number of rotatable bonds is 7. The van der Waals surface area contributed by atoms with Crippen molar-refractivity contribution in [2.24, 2.45) is 0 Å². The van der Waals surface area contributed by atoms with Crippen molar-refractivity contribution in [3.63, 3.8) is 0 Å². The lowest BCUT2D eigenvalue weighted by atomic mass is 10.1. The Hall–Kier alpha value is -3.03. The average Bonchev–Trinajstić information content (AvgIpc) is 3.14. The highest BCUT2D eigenvalue weighted by molar-refractivity contribution is 6.01. The van der Waals surface area contributed by atoms with Gasteiger partial charge in [0.2, 0.25) is 5.91 Å². The molecular weight excluding hydrogens is 330 g/mol. The summed E-state index contributed by atoms with van der Waals surface area (Å²) in [7, 11) is 1.58. The van der Waals surface area contributed by atoms with Crippen molar-refractivity contribution in [1.82, 2.24) is 15.1 Å². The molecule has 0 saturated carbocycles. The van der Waals surface area contributed by atoms with Crippen LogP contribution in [0.15, 0.2) is 55.4 Å². The highest BCUT2D eigenvalue weighted by atomic mass is 19.3. The van der Waals surface area contributed by atoms with Crippen LogP contribution in [-0.2, 0) is 4.79 Å². The Morgan fingerprint density at radius 2 is 2.04 bits per heavy atom. The zero-order valence-corrected chi connectivity index (χ0v) is 13.6. The zero-order valence-electron chi connectivity index (χ0n) is 13.6. The maximum Gasteiger partial charge on any atom is 0.262 e. The van der Waals surface area contributed by atoms with Crippen LogP contribution in [0.5, 0.6) is 0 Å². The monoisotopic (exact) mass is 348 g/mol. The molecule has 0 aliphatic carbocycles. The van der Waals surface area contributed by atoms with Crippen molar-refractivity contribution < 1.29 is 18.4 Å². The standard InChI is InChI=1S/C17H18F2N4O2/c1-3-15(24)22(2)13-7-5-12(6-8-13)17(25)20-11-14(16(18)19)23-10-4-9-21-23/h3-10,14,16H,1,11H2,2H3,(H,20,25). The number of halogens is 2. The van der Waals surface area contributed by atoms with Gasteiger partial charge < -0.3 is 10.2 Å². The van der Waals surface area contributed by atoms with Crippen LogP contribution >= 0.6 is 0 Å². The van der Waals surface area contributed by atoms with E-state index < -0.39 is 18.4 Å². The van der Waals surface area contributed by atoms with Crippen molar-refractivity contribution >= 4 is 17.5 Å². The second-order valence-corrected chi connectivity index (χ2v) is 5.25. The van der Waals surface area contributed by atoms with Gasteiger partial charge in [-0.15, -0.1) is 0 Å². The molecule has 2 amide bonds. The topological polar surface area (TPSA) is 67.2 Å². The fourth-order valence-electron chi connectivity index (χ4n) is 2.17. The minimum atomic E-state index is -2.67. The summed E-state index contributed by atoms with van der Waals surface area (Å²) in [5.41, 5.74) is 0.889. The largest absolute Gasteiger partial charge is 0.350 e. The first-order valence-electron chi connectivity index (χ1n) is 7.49. The summed E-state index contributed by atoms with van der Waals surface area (Å²) in [6.45, 7) is 3.15. The van der Waals surface area contributed by atoms with Crippen molar-refractivity contribution in [1.29, 1.82) is 0 Å². The second kappa shape index (κ2) is 8.18. The molecule has 1 aromatic carbocycles. The molecule has 0 spiro atoms. The molecule has 1 unspecified atom stereocenters. The van der Waals surface area contributed by atoms with E-state index in [1.807, 2.05) is 0 Å². The molecule has 0 aliphatic heterocycles. The van der Waals surface area contributed by atoms with Crippen LogP contribution in [-0.4, -0.2) is 41.6 Å². The first-order chi connectivity index (χ1) is 11.9. The first-order valence-corrected chi connectivity index (χ1v) is 7.49. The van der Waals surface area contributed by atoms with E-state index in [9.17, 15) is 18.4 Å². The van der Waals surface area contributed by atoms with Gasteiger partial charge in [0, 0.05) is 37.2 Å². The average molecular weight is 348 g/mol. The van der Waals surface area contributed by atoms with Crippen LogP contribution in [0.2, 0.25) is 0 Å². The fraction of sp³-hybridized carbons (Fsp3) is 0.235. The van der Waals surface area contributed by atoms with E-state index in [1.54, 1.807) is 19.2 Å². The molecule has 1 N–H and O–H groups in total. The van der Waals surface area contributed by atoms with Gasteiger partial charge in [-0.2, -0.15) is 5.10 Å². The van der Waals surface area contributed by atoms with Crippen molar-refractivity contribution in [2.45, 2.75) is 12.5 Å². The van der Waals surface area contributed by atoms with Crippen LogP contribution < -0.4 is 10.2 Å². The second-order valence-electron chi connectivity index (χ2n) is 5.25. The van der Waals surface area contributed by atoms with Crippen molar-refractivity contribution in [3.8, 4) is 0 Å². The number of nitrogens with zero attached hydrogens (tertiary/aromatic N) is 3. The first kappa shape index (κ1) is 18.3. The number of amides is 2. The number of hydrogen-bond acceptors (Lipinski definition) is 3. The minimum Gasteiger partial charge on any atom is -0.350 e. The number of carbonyl (C=O) groups is 2. The predicted octanol–water partition coefficient (Wildman–Crippen LogP) is 2.27. The Morgan fingerprint density at radius 3 is 2.56 bits per heavy atom. The Kier molecular flexibility index (Phi) is 5.99. The molecule has 0 fully saturated rings. The summed E-state index contributed by atoms with van der Waals surface area (Å²) >= 11 is 0. The Labute approximate surface area is 143 Å². The van der Waals surface area contributed by atoms with Crippen LogP contribution in [0.4, 0.5) is 14.5 Å². The Bertz CT molecular complexity index is 730. The summed E-state index contributed by atoms with van der Waals surface area (Å²) in [5.74, 6) is -0.766. The normalized spacial score (nSPS) is 11.8. The SMILES string of the molecule is C=CC(=O)N(C)c1ccc(C(=O)NCC(C(F)F)n2cccn2)cc1. The smallest absolute Gasteiger partial charge is 0.262 e. The van der Waals surface area contributed by atoms with E-state index >= 15 is 0 Å². The molecule has 0 saturated heterocycles. The van der Waals surface area contributed by atoms with Crippen molar-refractivity contribution in [2.75, 3.05) is 18.5 Å². The zero-order chi connectivity index (χ0) is 18.4. The van der Waals surface area contributed by atoms with E-state index in [2.05, 4.69) is 17.0 Å². The molecule has 1 atom stereocenters. The number of nitrogens with one attached hydrogen (secondary N) is 1. The number of likely N-dealkylation sites (N-methyl/N-ethyl adjacent to an activating group) is 1. The van der Waals surface area contributed by atoms with Gasteiger partial charge in [-0.3, -0.25) is 14.3 Å².